The largest absolute Gasteiger partial charge is 0.377 e. The maximum atomic E-state index is 13.7. The first-order valence-electron chi connectivity index (χ1n) is 5.79. The molecular formula is C13H9ClFN3OS. The predicted octanol–water partition coefficient (Wildman–Crippen LogP) is 3.16. The second-order valence-electron chi connectivity index (χ2n) is 4.10. The molecule has 0 fully saturated rings. The third-order valence-electron chi connectivity index (χ3n) is 2.77. The Morgan fingerprint density at radius 2 is 2.30 bits per heavy atom. The van der Waals surface area contributed by atoms with Crippen LogP contribution in [0.25, 0.3) is 4.96 Å². The number of hydrogen-bond acceptors (Lipinski definition) is 4. The highest BCUT2D eigenvalue weighted by Crippen LogP contribution is 2.22. The first-order chi connectivity index (χ1) is 9.65. The SMILES string of the molecule is O=c1cc(CNc2cccc(Cl)c2F)nc2sccn12. The molecule has 0 atom stereocenters. The quantitative estimate of drug-likeness (QED) is 0.808. The zero-order chi connectivity index (χ0) is 14.1. The molecule has 0 saturated heterocycles. The summed E-state index contributed by atoms with van der Waals surface area (Å²) in [6, 6.07) is 6.13. The van der Waals surface area contributed by atoms with Crippen LogP contribution in [-0.2, 0) is 6.54 Å². The van der Waals surface area contributed by atoms with Gasteiger partial charge < -0.3 is 5.32 Å². The fourth-order valence-corrected chi connectivity index (χ4v) is 2.72. The van der Waals surface area contributed by atoms with Crippen LogP contribution in [0.15, 0.2) is 40.6 Å². The highest BCUT2D eigenvalue weighted by atomic mass is 35.5. The van der Waals surface area contributed by atoms with Crippen LogP contribution in [0, 0.1) is 5.82 Å². The number of nitrogens with one attached hydrogen (secondary N) is 1. The van der Waals surface area contributed by atoms with Crippen molar-refractivity contribution in [1.29, 1.82) is 0 Å². The summed E-state index contributed by atoms with van der Waals surface area (Å²) in [5.74, 6) is -0.511. The molecule has 2 heterocycles. The molecule has 0 aliphatic carbocycles. The Hall–Kier alpha value is -1.92. The minimum atomic E-state index is -0.511. The fraction of sp³-hybridized carbons (Fsp3) is 0.0769. The number of benzene rings is 1. The number of halogens is 2. The number of thiazole rings is 1. The lowest BCUT2D eigenvalue weighted by Crippen LogP contribution is -2.14. The van der Waals surface area contributed by atoms with E-state index in [1.807, 2.05) is 0 Å². The van der Waals surface area contributed by atoms with Gasteiger partial charge in [-0.05, 0) is 12.1 Å². The van der Waals surface area contributed by atoms with E-state index in [2.05, 4.69) is 10.3 Å². The van der Waals surface area contributed by atoms with Gasteiger partial charge in [-0.25, -0.2) is 9.37 Å². The lowest BCUT2D eigenvalue weighted by molar-refractivity contribution is 0.630. The summed E-state index contributed by atoms with van der Waals surface area (Å²) in [6.07, 6.45) is 1.67. The molecule has 0 aliphatic rings. The van der Waals surface area contributed by atoms with Crippen LogP contribution in [0.5, 0.6) is 0 Å². The Bertz CT molecular complexity index is 830. The monoisotopic (exact) mass is 309 g/mol. The zero-order valence-electron chi connectivity index (χ0n) is 10.1. The Labute approximate surface area is 122 Å². The molecule has 0 unspecified atom stereocenters. The van der Waals surface area contributed by atoms with E-state index in [0.29, 0.717) is 10.7 Å². The first-order valence-corrected chi connectivity index (χ1v) is 7.04. The number of aromatic nitrogens is 2. The summed E-state index contributed by atoms with van der Waals surface area (Å²) in [7, 11) is 0. The molecule has 0 saturated carbocycles. The number of fused-ring (bicyclic) bond motifs is 1. The van der Waals surface area contributed by atoms with Gasteiger partial charge in [-0.1, -0.05) is 17.7 Å². The van der Waals surface area contributed by atoms with Crippen molar-refractivity contribution < 1.29 is 4.39 Å². The number of anilines is 1. The minimum absolute atomic E-state index is 0.0525. The van der Waals surface area contributed by atoms with Crippen molar-refractivity contribution in [2.24, 2.45) is 0 Å². The maximum absolute atomic E-state index is 13.7. The van der Waals surface area contributed by atoms with Crippen LogP contribution in [0.2, 0.25) is 5.02 Å². The Balaban J connectivity index is 1.86. The Morgan fingerprint density at radius 1 is 1.45 bits per heavy atom. The maximum Gasteiger partial charge on any atom is 0.258 e. The average Bonchev–Trinajstić information content (AvgIpc) is 2.89. The molecule has 0 spiro atoms. The van der Waals surface area contributed by atoms with Crippen LogP contribution in [0.4, 0.5) is 10.1 Å². The summed E-state index contributed by atoms with van der Waals surface area (Å²) in [5, 5.41) is 4.73. The van der Waals surface area contributed by atoms with Crippen LogP contribution >= 0.6 is 22.9 Å². The van der Waals surface area contributed by atoms with Crippen molar-refractivity contribution in [2.75, 3.05) is 5.32 Å². The van der Waals surface area contributed by atoms with Crippen molar-refractivity contribution in [3.8, 4) is 0 Å². The van der Waals surface area contributed by atoms with Crippen molar-refractivity contribution in [3.63, 3.8) is 0 Å². The minimum Gasteiger partial charge on any atom is -0.377 e. The predicted molar refractivity (Wildman–Crippen MR) is 78.1 cm³/mol. The van der Waals surface area contributed by atoms with Gasteiger partial charge in [-0.3, -0.25) is 9.20 Å². The molecule has 0 bridgehead atoms. The second-order valence-corrected chi connectivity index (χ2v) is 5.38. The van der Waals surface area contributed by atoms with E-state index in [1.165, 1.54) is 27.9 Å². The van der Waals surface area contributed by atoms with E-state index in [1.54, 1.807) is 23.7 Å². The third-order valence-corrected chi connectivity index (χ3v) is 3.82. The van der Waals surface area contributed by atoms with Crippen LogP contribution < -0.4 is 10.9 Å². The molecule has 0 aliphatic heterocycles. The van der Waals surface area contributed by atoms with E-state index in [-0.39, 0.29) is 22.8 Å². The van der Waals surface area contributed by atoms with Crippen molar-refractivity contribution in [1.82, 2.24) is 9.38 Å². The average molecular weight is 310 g/mol. The first kappa shape index (κ1) is 13.1. The smallest absolute Gasteiger partial charge is 0.258 e. The van der Waals surface area contributed by atoms with Crippen LogP contribution in [-0.4, -0.2) is 9.38 Å². The topological polar surface area (TPSA) is 46.4 Å². The Kier molecular flexibility index (Phi) is 3.42. The summed E-state index contributed by atoms with van der Waals surface area (Å²) >= 11 is 7.07. The third kappa shape index (κ3) is 2.39. The van der Waals surface area contributed by atoms with Crippen LogP contribution in [0.1, 0.15) is 5.69 Å². The molecule has 1 N–H and O–H groups in total. The zero-order valence-corrected chi connectivity index (χ0v) is 11.7. The fourth-order valence-electron chi connectivity index (χ4n) is 1.80. The van der Waals surface area contributed by atoms with Crippen molar-refractivity contribution >= 4 is 33.6 Å². The molecule has 102 valence electrons. The molecular weight excluding hydrogens is 301 g/mol. The molecule has 7 heteroatoms. The van der Waals surface area contributed by atoms with Gasteiger partial charge in [0.15, 0.2) is 10.8 Å². The lowest BCUT2D eigenvalue weighted by Gasteiger charge is -2.07. The Morgan fingerprint density at radius 3 is 3.15 bits per heavy atom. The summed E-state index contributed by atoms with van der Waals surface area (Å²) in [4.78, 5) is 16.7. The van der Waals surface area contributed by atoms with Gasteiger partial charge in [0.25, 0.3) is 5.56 Å². The molecule has 2 aromatic heterocycles. The molecule has 0 radical (unpaired) electrons. The number of nitrogens with zero attached hydrogens (tertiary/aromatic N) is 2. The molecule has 3 aromatic rings. The van der Waals surface area contributed by atoms with Crippen molar-refractivity contribution in [2.45, 2.75) is 6.54 Å². The van der Waals surface area contributed by atoms with Gasteiger partial charge in [-0.15, -0.1) is 11.3 Å². The summed E-state index contributed by atoms with van der Waals surface area (Å²) in [6.45, 7) is 0.251. The van der Waals surface area contributed by atoms with Gasteiger partial charge in [0, 0.05) is 17.6 Å². The van der Waals surface area contributed by atoms with Gasteiger partial charge in [0.05, 0.1) is 22.9 Å². The van der Waals surface area contributed by atoms with Gasteiger partial charge in [-0.2, -0.15) is 0 Å². The van der Waals surface area contributed by atoms with Gasteiger partial charge in [0.1, 0.15) is 0 Å². The highest BCUT2D eigenvalue weighted by molar-refractivity contribution is 7.15. The van der Waals surface area contributed by atoms with Crippen molar-refractivity contribution in [3.05, 3.63) is 62.7 Å². The number of rotatable bonds is 3. The molecule has 0 amide bonds. The molecule has 20 heavy (non-hydrogen) atoms. The number of hydrogen-bond donors (Lipinski definition) is 1. The molecule has 3 rings (SSSR count). The lowest BCUT2D eigenvalue weighted by atomic mass is 10.3. The normalized spacial score (nSPS) is 10.9. The van der Waals surface area contributed by atoms with E-state index in [0.717, 1.165) is 0 Å². The summed E-state index contributed by atoms with van der Waals surface area (Å²) < 4.78 is 15.2. The summed E-state index contributed by atoms with van der Waals surface area (Å²) in [5.41, 5.74) is 0.683. The van der Waals surface area contributed by atoms with E-state index < -0.39 is 5.82 Å². The second kappa shape index (κ2) is 5.22. The molecule has 4 nitrogen and oxygen atoms in total. The van der Waals surface area contributed by atoms with E-state index in [9.17, 15) is 9.18 Å². The van der Waals surface area contributed by atoms with E-state index in [4.69, 9.17) is 11.6 Å². The molecule has 1 aromatic carbocycles. The van der Waals surface area contributed by atoms with E-state index >= 15 is 0 Å². The highest BCUT2D eigenvalue weighted by Gasteiger charge is 2.07. The van der Waals surface area contributed by atoms with Gasteiger partial charge >= 0.3 is 0 Å². The van der Waals surface area contributed by atoms with Gasteiger partial charge in [0.2, 0.25) is 0 Å². The van der Waals surface area contributed by atoms with Crippen LogP contribution in [0.3, 0.4) is 0 Å². The standard InChI is InChI=1S/C13H9ClFN3OS/c14-9-2-1-3-10(12(9)15)16-7-8-6-11(19)18-4-5-20-13(18)17-8/h1-6,16H,7H2.